The first-order chi connectivity index (χ1) is 33.5. The number of hydrogen-bond acceptors (Lipinski definition) is 6. The Balaban J connectivity index is 4.05. The Hall–Kier alpha value is -1.02. The minimum Gasteiger partial charge on any atom is -0.756 e. The highest BCUT2D eigenvalue weighted by molar-refractivity contribution is 7.45. The summed E-state index contributed by atoms with van der Waals surface area (Å²) < 4.78 is 23.3. The van der Waals surface area contributed by atoms with Gasteiger partial charge in [-0.15, -0.1) is 0 Å². The van der Waals surface area contributed by atoms with Crippen LogP contribution in [-0.4, -0.2) is 68.5 Å². The molecule has 0 bridgehead atoms. The largest absolute Gasteiger partial charge is 0.756 e. The number of likely N-dealkylation sites (N-methyl/N-ethyl adjacent to an activating group) is 1. The van der Waals surface area contributed by atoms with Gasteiger partial charge >= 0.3 is 0 Å². The molecule has 0 aliphatic rings. The van der Waals surface area contributed by atoms with E-state index in [4.69, 9.17) is 9.05 Å². The molecule has 0 aliphatic carbocycles. The van der Waals surface area contributed by atoms with E-state index in [-0.39, 0.29) is 19.1 Å². The van der Waals surface area contributed by atoms with E-state index >= 15 is 0 Å². The van der Waals surface area contributed by atoms with E-state index in [1.807, 2.05) is 27.2 Å². The van der Waals surface area contributed by atoms with Crippen LogP contribution in [0.25, 0.3) is 0 Å². The number of amides is 1. The third-order valence-corrected chi connectivity index (χ3v) is 14.9. The fourth-order valence-electron chi connectivity index (χ4n) is 9.15. The molecule has 8 nitrogen and oxygen atoms in total. The van der Waals surface area contributed by atoms with E-state index in [1.54, 1.807) is 6.08 Å². The van der Waals surface area contributed by atoms with E-state index in [2.05, 4.69) is 31.3 Å². The molecule has 2 N–H and O–H groups in total. The Kier molecular flexibility index (Phi) is 51.1. The normalized spacial score (nSPS) is 14.0. The predicted molar refractivity (Wildman–Crippen MR) is 298 cm³/mol. The molecule has 0 rings (SSSR count). The van der Waals surface area contributed by atoms with Gasteiger partial charge in [-0.3, -0.25) is 9.36 Å². The molecule has 3 atom stereocenters. The van der Waals surface area contributed by atoms with E-state index in [9.17, 15) is 19.4 Å². The fraction of sp³-hybridized carbons (Fsp3) is 0.917. The van der Waals surface area contributed by atoms with Crippen LogP contribution in [0.2, 0.25) is 0 Å². The first kappa shape index (κ1) is 68.0. The van der Waals surface area contributed by atoms with Gasteiger partial charge in [-0.05, 0) is 44.9 Å². The molecule has 0 saturated heterocycles. The van der Waals surface area contributed by atoms with Gasteiger partial charge in [0, 0.05) is 6.42 Å². The molecule has 410 valence electrons. The molecule has 1 amide bonds. The highest BCUT2D eigenvalue weighted by Crippen LogP contribution is 2.38. The van der Waals surface area contributed by atoms with Crippen LogP contribution in [0.3, 0.4) is 0 Å². The van der Waals surface area contributed by atoms with Crippen molar-refractivity contribution in [3.63, 3.8) is 0 Å². The summed E-state index contributed by atoms with van der Waals surface area (Å²) in [6, 6.07) is -0.889. The number of aliphatic hydroxyl groups excluding tert-OH is 1. The second-order valence-corrected chi connectivity index (χ2v) is 23.5. The van der Waals surface area contributed by atoms with Crippen molar-refractivity contribution in [1.82, 2.24) is 5.32 Å². The quantitative estimate of drug-likeness (QED) is 0.0272. The van der Waals surface area contributed by atoms with Gasteiger partial charge in [0.2, 0.25) is 5.91 Å². The third-order valence-electron chi connectivity index (χ3n) is 13.9. The van der Waals surface area contributed by atoms with Gasteiger partial charge in [0.25, 0.3) is 7.82 Å². The molecule has 0 radical (unpaired) electrons. The van der Waals surface area contributed by atoms with E-state index in [0.29, 0.717) is 17.4 Å². The molecule has 0 aromatic heterocycles. The zero-order chi connectivity index (χ0) is 50.6. The fourth-order valence-corrected chi connectivity index (χ4v) is 9.87. The van der Waals surface area contributed by atoms with Crippen molar-refractivity contribution in [3.05, 3.63) is 24.3 Å². The van der Waals surface area contributed by atoms with Gasteiger partial charge in [-0.1, -0.05) is 276 Å². The van der Waals surface area contributed by atoms with E-state index in [1.165, 1.54) is 231 Å². The van der Waals surface area contributed by atoms with Crippen molar-refractivity contribution in [2.24, 2.45) is 0 Å². The van der Waals surface area contributed by atoms with Crippen molar-refractivity contribution in [3.8, 4) is 0 Å². The topological polar surface area (TPSA) is 108 Å². The lowest BCUT2D eigenvalue weighted by Gasteiger charge is -2.29. The minimum absolute atomic E-state index is 0.00105. The molecule has 9 heteroatoms. The zero-order valence-corrected chi connectivity index (χ0v) is 47.7. The average molecular weight is 996 g/mol. The number of rotatable bonds is 56. The first-order valence-corrected chi connectivity index (χ1v) is 31.7. The molecule has 0 aliphatic heterocycles. The zero-order valence-electron chi connectivity index (χ0n) is 46.8. The molecule has 0 spiro atoms. The number of allylic oxidation sites excluding steroid dienone is 3. The lowest BCUT2D eigenvalue weighted by Crippen LogP contribution is -2.45. The molecule has 0 aromatic rings. The smallest absolute Gasteiger partial charge is 0.268 e. The number of unbranched alkanes of at least 4 members (excludes halogenated alkanes) is 41. The lowest BCUT2D eigenvalue weighted by molar-refractivity contribution is -0.870. The molecule has 69 heavy (non-hydrogen) atoms. The van der Waals surface area contributed by atoms with Crippen LogP contribution in [0.4, 0.5) is 0 Å². The van der Waals surface area contributed by atoms with Crippen LogP contribution >= 0.6 is 7.82 Å². The van der Waals surface area contributed by atoms with Crippen LogP contribution in [0, 0.1) is 0 Å². The number of nitrogens with zero attached hydrogens (tertiary/aromatic N) is 1. The number of carbonyl (C=O) groups excluding carboxylic acids is 1. The number of nitrogens with one attached hydrogen (secondary N) is 1. The van der Waals surface area contributed by atoms with E-state index < -0.39 is 20.0 Å². The van der Waals surface area contributed by atoms with Gasteiger partial charge in [0.05, 0.1) is 39.9 Å². The second kappa shape index (κ2) is 51.9. The van der Waals surface area contributed by atoms with E-state index in [0.717, 1.165) is 51.4 Å². The molecular weight excluding hydrogens is 876 g/mol. The molecule has 0 saturated carbocycles. The molecule has 0 fully saturated rings. The summed E-state index contributed by atoms with van der Waals surface area (Å²) in [5.74, 6) is -0.202. The van der Waals surface area contributed by atoms with Crippen LogP contribution in [0.1, 0.15) is 303 Å². The maximum atomic E-state index is 12.9. The highest BCUT2D eigenvalue weighted by Gasteiger charge is 2.23. The maximum Gasteiger partial charge on any atom is 0.268 e. The van der Waals surface area contributed by atoms with Crippen LogP contribution < -0.4 is 10.2 Å². The van der Waals surface area contributed by atoms with Crippen molar-refractivity contribution in [2.75, 3.05) is 40.9 Å². The van der Waals surface area contributed by atoms with Gasteiger partial charge in [0.15, 0.2) is 0 Å². The van der Waals surface area contributed by atoms with Crippen LogP contribution in [-0.2, 0) is 18.4 Å². The number of phosphoric ester groups is 1. The number of carbonyl (C=O) groups is 1. The predicted octanol–water partition coefficient (Wildman–Crippen LogP) is 17.7. The van der Waals surface area contributed by atoms with Crippen LogP contribution in [0.15, 0.2) is 24.3 Å². The monoisotopic (exact) mass is 995 g/mol. The Morgan fingerprint density at radius 1 is 0.493 bits per heavy atom. The van der Waals surface area contributed by atoms with Crippen molar-refractivity contribution >= 4 is 13.7 Å². The Morgan fingerprint density at radius 2 is 0.797 bits per heavy atom. The number of phosphoric acid groups is 1. The van der Waals surface area contributed by atoms with Crippen molar-refractivity contribution < 1.29 is 32.9 Å². The number of aliphatic hydroxyl groups is 1. The summed E-state index contributed by atoms with van der Waals surface area (Å²) >= 11 is 0. The Labute approximate surface area is 430 Å². The number of hydrogen-bond donors (Lipinski definition) is 2. The lowest BCUT2D eigenvalue weighted by atomic mass is 10.0. The van der Waals surface area contributed by atoms with Gasteiger partial charge in [-0.25, -0.2) is 0 Å². The molecule has 3 unspecified atom stereocenters. The third kappa shape index (κ3) is 54.6. The molecule has 0 heterocycles. The maximum absolute atomic E-state index is 12.9. The van der Waals surface area contributed by atoms with Gasteiger partial charge in [-0.2, -0.15) is 0 Å². The van der Waals surface area contributed by atoms with Crippen LogP contribution in [0.5, 0.6) is 0 Å². The average Bonchev–Trinajstić information content (AvgIpc) is 3.31. The minimum atomic E-state index is -4.60. The van der Waals surface area contributed by atoms with Gasteiger partial charge in [0.1, 0.15) is 13.2 Å². The Bertz CT molecular complexity index is 1170. The van der Waals surface area contributed by atoms with Crippen molar-refractivity contribution in [1.29, 1.82) is 0 Å². The molecule has 0 aromatic carbocycles. The standard InChI is InChI=1S/C60H119N2O6P/c1-6-8-10-12-14-16-18-20-22-23-24-25-26-27-28-29-30-31-32-33-34-35-36-37-38-40-41-43-45-47-49-51-53-59(63)58(57-68-69(65,66)67-56-55-62(3,4)5)61-60(64)54-52-50-48-46-44-42-39-21-19-17-15-13-11-9-7-2/h21,39,51,53,58-59,63H,6-20,22-38,40-50,52,54-57H2,1-5H3,(H-,61,64,65,66)/b39-21-,53-51+. The summed E-state index contributed by atoms with van der Waals surface area (Å²) in [6.07, 6.45) is 65.6. The summed E-state index contributed by atoms with van der Waals surface area (Å²) in [4.78, 5) is 25.5. The summed E-state index contributed by atoms with van der Waals surface area (Å²) in [5, 5.41) is 13.9. The first-order valence-electron chi connectivity index (χ1n) is 30.2. The second-order valence-electron chi connectivity index (χ2n) is 22.1. The summed E-state index contributed by atoms with van der Waals surface area (Å²) in [7, 11) is 1.27. The summed E-state index contributed by atoms with van der Waals surface area (Å²) in [6.45, 7) is 4.67. The summed E-state index contributed by atoms with van der Waals surface area (Å²) in [5.41, 5.74) is 0. The number of quaternary nitrogens is 1. The highest BCUT2D eigenvalue weighted by atomic mass is 31.2. The van der Waals surface area contributed by atoms with Gasteiger partial charge < -0.3 is 28.8 Å². The Morgan fingerprint density at radius 3 is 1.13 bits per heavy atom. The van der Waals surface area contributed by atoms with Crippen molar-refractivity contribution in [2.45, 2.75) is 315 Å². The molecular formula is C60H119N2O6P. The SMILES string of the molecule is CCCCCCCC/C=C\CCCCCCCC(=O)NC(COP(=O)([O-])OCC[N+](C)(C)C)C(O)/C=C/CCCCCCCCCCCCCCCCCCCCCCCCCCCCCCCC.